The van der Waals surface area contributed by atoms with Crippen molar-refractivity contribution in [2.75, 3.05) is 0 Å². The molecule has 1 heteroatoms. The lowest BCUT2D eigenvalue weighted by Gasteiger charge is -1.93. The van der Waals surface area contributed by atoms with Crippen molar-refractivity contribution < 1.29 is 4.79 Å². The Labute approximate surface area is 44.7 Å². The first kappa shape index (κ1) is 6.67. The maximum atomic E-state index is 9.71. The predicted molar refractivity (Wildman–Crippen MR) is 29.4 cm³/mol. The Morgan fingerprint density at radius 3 is 2.57 bits per heavy atom. The van der Waals surface area contributed by atoms with E-state index in [2.05, 4.69) is 6.92 Å². The van der Waals surface area contributed by atoms with Crippen molar-refractivity contribution in [3.8, 4) is 0 Å². The van der Waals surface area contributed by atoms with Crippen LogP contribution in [0.2, 0.25) is 0 Å². The number of hydrogen-bond donors (Lipinski definition) is 0. The molecule has 0 aromatic rings. The third-order valence-electron chi connectivity index (χ3n) is 0.804. The van der Waals surface area contributed by atoms with E-state index >= 15 is 0 Å². The van der Waals surface area contributed by atoms with Crippen LogP contribution in [0.1, 0.15) is 19.8 Å². The minimum atomic E-state index is -0.106. The van der Waals surface area contributed by atoms with Crippen LogP contribution in [0.15, 0.2) is 0 Å². The summed E-state index contributed by atoms with van der Waals surface area (Å²) >= 11 is 0. The lowest BCUT2D eigenvalue weighted by Crippen LogP contribution is -1.92. The zero-order valence-corrected chi connectivity index (χ0v) is 4.61. The first-order chi connectivity index (χ1) is 3.31. The fraction of sp³-hybridized carbons (Fsp3) is 0.667. The molecule has 0 fully saturated rings. The van der Waals surface area contributed by atoms with Gasteiger partial charge >= 0.3 is 0 Å². The summed E-state index contributed by atoms with van der Waals surface area (Å²) in [5, 5.41) is 0. The van der Waals surface area contributed by atoms with Gasteiger partial charge in [-0.05, 0) is 13.3 Å². The lowest BCUT2D eigenvalue weighted by molar-refractivity contribution is 0.529. The Balaban J connectivity index is 2.98. The van der Waals surface area contributed by atoms with Gasteiger partial charge in [0.05, 0.1) is 0 Å². The van der Waals surface area contributed by atoms with E-state index in [9.17, 15) is 4.79 Å². The Morgan fingerprint density at radius 1 is 1.86 bits per heavy atom. The highest BCUT2D eigenvalue weighted by Gasteiger charge is 1.95. The first-order valence-electron chi connectivity index (χ1n) is 2.52. The second kappa shape index (κ2) is 3.85. The van der Waals surface area contributed by atoms with E-state index in [4.69, 9.17) is 0 Å². The summed E-state index contributed by atoms with van der Waals surface area (Å²) in [6.45, 7) is 5.55. The van der Waals surface area contributed by atoms with Crippen LogP contribution in [-0.4, -0.2) is 6.29 Å². The van der Waals surface area contributed by atoms with Crippen LogP contribution in [0.5, 0.6) is 0 Å². The molecular formula is C6H10O. The van der Waals surface area contributed by atoms with Gasteiger partial charge in [-0.3, -0.25) is 4.79 Å². The van der Waals surface area contributed by atoms with Crippen molar-refractivity contribution in [2.45, 2.75) is 19.8 Å². The molecule has 0 saturated carbocycles. The van der Waals surface area contributed by atoms with Gasteiger partial charge in [-0.25, -0.2) is 0 Å². The van der Waals surface area contributed by atoms with Crippen LogP contribution >= 0.6 is 0 Å². The maximum absolute atomic E-state index is 9.71. The van der Waals surface area contributed by atoms with Crippen LogP contribution in [0.4, 0.5) is 0 Å². The molecule has 0 heterocycles. The Bertz CT molecular complexity index is 50.1. The SMILES string of the molecule is [CH2]C([C]=O)CCC. The molecule has 0 aliphatic heterocycles. The van der Waals surface area contributed by atoms with Crippen molar-refractivity contribution >= 4 is 6.29 Å². The van der Waals surface area contributed by atoms with Crippen LogP contribution < -0.4 is 0 Å². The molecule has 0 aliphatic rings. The van der Waals surface area contributed by atoms with Crippen LogP contribution in [0, 0.1) is 12.8 Å². The van der Waals surface area contributed by atoms with E-state index in [-0.39, 0.29) is 5.92 Å². The van der Waals surface area contributed by atoms with Gasteiger partial charge in [-0.1, -0.05) is 13.3 Å². The molecule has 40 valence electrons. The van der Waals surface area contributed by atoms with Crippen molar-refractivity contribution in [2.24, 2.45) is 5.92 Å². The molecule has 0 aromatic heterocycles. The van der Waals surface area contributed by atoms with Gasteiger partial charge < -0.3 is 0 Å². The molecule has 0 aliphatic carbocycles. The summed E-state index contributed by atoms with van der Waals surface area (Å²) in [4.78, 5) is 9.71. The minimum absolute atomic E-state index is 0.106. The van der Waals surface area contributed by atoms with Gasteiger partial charge in [0, 0.05) is 5.92 Å². The van der Waals surface area contributed by atoms with Crippen LogP contribution in [0.25, 0.3) is 0 Å². The molecular weight excluding hydrogens is 88.1 g/mol. The Kier molecular flexibility index (Phi) is 3.67. The fourth-order valence-electron chi connectivity index (χ4n) is 0.407. The third-order valence-corrected chi connectivity index (χ3v) is 0.804. The maximum Gasteiger partial charge on any atom is 0.201 e. The average molecular weight is 98.1 g/mol. The molecule has 1 nitrogen and oxygen atoms in total. The molecule has 0 spiro atoms. The Hall–Kier alpha value is -0.330. The molecule has 0 aromatic carbocycles. The highest BCUT2D eigenvalue weighted by atomic mass is 16.1. The zero-order valence-electron chi connectivity index (χ0n) is 4.61. The van der Waals surface area contributed by atoms with E-state index in [1.165, 1.54) is 0 Å². The average Bonchev–Trinajstić information content (AvgIpc) is 1.68. The summed E-state index contributed by atoms with van der Waals surface area (Å²) in [6, 6.07) is 0. The van der Waals surface area contributed by atoms with Gasteiger partial charge in [-0.15, -0.1) is 0 Å². The zero-order chi connectivity index (χ0) is 5.70. The summed E-state index contributed by atoms with van der Waals surface area (Å²) in [7, 11) is 0. The smallest absolute Gasteiger partial charge is 0.201 e. The van der Waals surface area contributed by atoms with Gasteiger partial charge in [0.1, 0.15) is 0 Å². The van der Waals surface area contributed by atoms with Crippen molar-refractivity contribution in [1.29, 1.82) is 0 Å². The second-order valence-electron chi connectivity index (χ2n) is 1.60. The molecule has 2 radical (unpaired) electrons. The van der Waals surface area contributed by atoms with E-state index in [0.717, 1.165) is 12.8 Å². The standard InChI is InChI=1S/C6H10O/c1-3-4-6(2)5-7/h6H,2-4H2,1H3. The quantitative estimate of drug-likeness (QED) is 0.520. The molecule has 1 atom stereocenters. The van der Waals surface area contributed by atoms with Crippen LogP contribution in [-0.2, 0) is 4.79 Å². The minimum Gasteiger partial charge on any atom is -0.291 e. The Morgan fingerprint density at radius 2 is 2.43 bits per heavy atom. The van der Waals surface area contributed by atoms with E-state index in [1.54, 1.807) is 6.29 Å². The second-order valence-corrected chi connectivity index (χ2v) is 1.60. The van der Waals surface area contributed by atoms with Gasteiger partial charge in [-0.2, -0.15) is 0 Å². The first-order valence-corrected chi connectivity index (χ1v) is 2.52. The predicted octanol–water partition coefficient (Wildman–Crippen LogP) is 1.35. The summed E-state index contributed by atoms with van der Waals surface area (Å²) in [5.74, 6) is -0.106. The third kappa shape index (κ3) is 3.50. The van der Waals surface area contributed by atoms with E-state index in [0.29, 0.717) is 0 Å². The largest absolute Gasteiger partial charge is 0.291 e. The molecule has 7 heavy (non-hydrogen) atoms. The number of carbonyl (C=O) groups excluding carboxylic acids is 1. The van der Waals surface area contributed by atoms with Gasteiger partial charge in [0.25, 0.3) is 0 Å². The normalized spacial score (nSPS) is 13.4. The summed E-state index contributed by atoms with van der Waals surface area (Å²) in [6.07, 6.45) is 3.69. The molecule has 1 unspecified atom stereocenters. The molecule has 0 rings (SSSR count). The highest BCUT2D eigenvalue weighted by molar-refractivity contribution is 5.55. The summed E-state index contributed by atoms with van der Waals surface area (Å²) in [5.41, 5.74) is 0. The highest BCUT2D eigenvalue weighted by Crippen LogP contribution is 1.98. The fourth-order valence-corrected chi connectivity index (χ4v) is 0.407. The van der Waals surface area contributed by atoms with E-state index < -0.39 is 0 Å². The van der Waals surface area contributed by atoms with Gasteiger partial charge in [0.15, 0.2) is 0 Å². The van der Waals surface area contributed by atoms with Crippen molar-refractivity contribution in [3.63, 3.8) is 0 Å². The molecule has 0 amide bonds. The van der Waals surface area contributed by atoms with Crippen molar-refractivity contribution in [3.05, 3.63) is 6.92 Å². The lowest BCUT2D eigenvalue weighted by atomic mass is 10.1. The van der Waals surface area contributed by atoms with E-state index in [1.807, 2.05) is 6.92 Å². The number of rotatable bonds is 3. The van der Waals surface area contributed by atoms with Crippen LogP contribution in [0.3, 0.4) is 0 Å². The number of hydrogen-bond acceptors (Lipinski definition) is 1. The van der Waals surface area contributed by atoms with Crippen molar-refractivity contribution in [1.82, 2.24) is 0 Å². The van der Waals surface area contributed by atoms with Gasteiger partial charge in [0.2, 0.25) is 6.29 Å². The molecule has 0 bridgehead atoms. The monoisotopic (exact) mass is 98.1 g/mol. The molecule has 0 N–H and O–H groups in total. The summed E-state index contributed by atoms with van der Waals surface area (Å²) < 4.78 is 0. The molecule has 0 saturated heterocycles. The topological polar surface area (TPSA) is 17.1 Å².